The van der Waals surface area contributed by atoms with Gasteiger partial charge in [-0.25, -0.2) is 0 Å². The number of anilines is 1. The Morgan fingerprint density at radius 3 is 2.26 bits per heavy atom. The van der Waals surface area contributed by atoms with E-state index in [1.165, 1.54) is 55.8 Å². The Balaban J connectivity index is 1.21. The van der Waals surface area contributed by atoms with Gasteiger partial charge >= 0.3 is 0 Å². The van der Waals surface area contributed by atoms with E-state index in [2.05, 4.69) is 128 Å². The number of allylic oxidation sites excluding steroid dienone is 2. The van der Waals surface area contributed by atoms with Crippen molar-refractivity contribution in [3.8, 4) is 22.3 Å². The molecule has 4 aromatic carbocycles. The fraction of sp³-hybridized carbons (Fsp3) is 0.152. The summed E-state index contributed by atoms with van der Waals surface area (Å²) in [4.78, 5) is 0. The third-order valence-electron chi connectivity index (χ3n) is 8.01. The molecule has 1 nitrogen and oxygen atoms in total. The van der Waals surface area contributed by atoms with Crippen LogP contribution in [0.3, 0.4) is 0 Å². The molecule has 0 spiro atoms. The highest BCUT2D eigenvalue weighted by Gasteiger charge is 2.35. The first-order valence-electron chi connectivity index (χ1n) is 12.2. The van der Waals surface area contributed by atoms with E-state index in [0.29, 0.717) is 12.0 Å². The number of fused-ring (bicyclic) bond motifs is 6. The second kappa shape index (κ2) is 7.08. The average Bonchev–Trinajstić information content (AvgIpc) is 3.36. The van der Waals surface area contributed by atoms with Crippen LogP contribution in [0.1, 0.15) is 42.0 Å². The van der Waals surface area contributed by atoms with Gasteiger partial charge in [0.2, 0.25) is 0 Å². The summed E-state index contributed by atoms with van der Waals surface area (Å²) in [6.07, 6.45) is 7.01. The molecule has 34 heavy (non-hydrogen) atoms. The molecule has 1 N–H and O–H groups in total. The smallest absolute Gasteiger partial charge is 0.0552 e. The molecule has 2 aliphatic carbocycles. The molecule has 164 valence electrons. The minimum Gasteiger partial charge on any atom is -0.378 e. The summed E-state index contributed by atoms with van der Waals surface area (Å²) in [7, 11) is 0. The summed E-state index contributed by atoms with van der Waals surface area (Å²) >= 11 is 0. The van der Waals surface area contributed by atoms with Crippen LogP contribution in [-0.4, -0.2) is 6.04 Å². The van der Waals surface area contributed by atoms with E-state index in [0.717, 1.165) is 0 Å². The SMILES string of the molecule is CC1(C)c2ccccc2-c2ccc(-c3ccc(C4=CC5c6ccccc6NC5C=C4)cc3)cc21. The minimum absolute atomic E-state index is 0.0295. The van der Waals surface area contributed by atoms with Gasteiger partial charge in [-0.1, -0.05) is 111 Å². The summed E-state index contributed by atoms with van der Waals surface area (Å²) in [5.41, 5.74) is 13.4. The third-order valence-corrected chi connectivity index (χ3v) is 8.01. The molecule has 1 aliphatic heterocycles. The van der Waals surface area contributed by atoms with Crippen molar-refractivity contribution in [1.82, 2.24) is 0 Å². The maximum absolute atomic E-state index is 3.64. The van der Waals surface area contributed by atoms with E-state index in [9.17, 15) is 0 Å². The van der Waals surface area contributed by atoms with Crippen molar-refractivity contribution in [2.45, 2.75) is 31.2 Å². The zero-order chi connectivity index (χ0) is 22.9. The topological polar surface area (TPSA) is 12.0 Å². The molecule has 0 amide bonds. The molecule has 0 bridgehead atoms. The average molecular weight is 438 g/mol. The lowest BCUT2D eigenvalue weighted by Crippen LogP contribution is -2.18. The molecule has 1 heterocycles. The summed E-state index contributed by atoms with van der Waals surface area (Å²) in [5.74, 6) is 0.399. The van der Waals surface area contributed by atoms with E-state index in [1.54, 1.807) is 0 Å². The Hall–Kier alpha value is -3.84. The first-order chi connectivity index (χ1) is 16.6. The van der Waals surface area contributed by atoms with E-state index < -0.39 is 0 Å². The van der Waals surface area contributed by atoms with Crippen LogP contribution < -0.4 is 5.32 Å². The summed E-state index contributed by atoms with van der Waals surface area (Å²) in [6, 6.07) is 33.9. The second-order valence-electron chi connectivity index (χ2n) is 10.3. The molecule has 4 aromatic rings. The highest BCUT2D eigenvalue weighted by molar-refractivity contribution is 5.84. The Bertz CT molecular complexity index is 1500. The van der Waals surface area contributed by atoms with Gasteiger partial charge in [0.05, 0.1) is 6.04 Å². The van der Waals surface area contributed by atoms with E-state index >= 15 is 0 Å². The van der Waals surface area contributed by atoms with Crippen LogP contribution in [0.4, 0.5) is 5.69 Å². The zero-order valence-electron chi connectivity index (χ0n) is 19.5. The molecule has 2 unspecified atom stereocenters. The quantitative estimate of drug-likeness (QED) is 0.333. The number of hydrogen-bond donors (Lipinski definition) is 1. The molecule has 0 saturated heterocycles. The lowest BCUT2D eigenvalue weighted by Gasteiger charge is -2.22. The van der Waals surface area contributed by atoms with Gasteiger partial charge in [-0.15, -0.1) is 0 Å². The second-order valence-corrected chi connectivity index (χ2v) is 10.3. The highest BCUT2D eigenvalue weighted by Crippen LogP contribution is 2.49. The maximum Gasteiger partial charge on any atom is 0.0552 e. The van der Waals surface area contributed by atoms with Crippen molar-refractivity contribution in [1.29, 1.82) is 0 Å². The zero-order valence-corrected chi connectivity index (χ0v) is 19.5. The molecule has 0 aromatic heterocycles. The first kappa shape index (κ1) is 19.6. The van der Waals surface area contributed by atoms with Gasteiger partial charge in [0, 0.05) is 17.0 Å². The molecule has 0 saturated carbocycles. The predicted octanol–water partition coefficient (Wildman–Crippen LogP) is 8.19. The van der Waals surface area contributed by atoms with Gasteiger partial charge in [0.25, 0.3) is 0 Å². The van der Waals surface area contributed by atoms with Crippen LogP contribution in [0.2, 0.25) is 0 Å². The van der Waals surface area contributed by atoms with E-state index in [4.69, 9.17) is 0 Å². The van der Waals surface area contributed by atoms with Gasteiger partial charge in [0.15, 0.2) is 0 Å². The molecular weight excluding hydrogens is 410 g/mol. The van der Waals surface area contributed by atoms with Crippen molar-refractivity contribution < 1.29 is 0 Å². The fourth-order valence-corrected chi connectivity index (χ4v) is 6.13. The summed E-state index contributed by atoms with van der Waals surface area (Å²) < 4.78 is 0. The van der Waals surface area contributed by atoms with Crippen LogP contribution in [0.5, 0.6) is 0 Å². The van der Waals surface area contributed by atoms with Gasteiger partial charge < -0.3 is 5.32 Å². The number of para-hydroxylation sites is 1. The molecule has 1 heteroatoms. The van der Waals surface area contributed by atoms with Crippen LogP contribution >= 0.6 is 0 Å². The van der Waals surface area contributed by atoms with Crippen molar-refractivity contribution in [2.75, 3.05) is 5.32 Å². The largest absolute Gasteiger partial charge is 0.378 e. The maximum atomic E-state index is 3.64. The molecule has 0 fully saturated rings. The Morgan fingerprint density at radius 1 is 0.676 bits per heavy atom. The molecule has 3 aliphatic rings. The lowest BCUT2D eigenvalue weighted by molar-refractivity contribution is 0.660. The van der Waals surface area contributed by atoms with Gasteiger partial charge in [-0.3, -0.25) is 0 Å². The Morgan fingerprint density at radius 2 is 1.38 bits per heavy atom. The van der Waals surface area contributed by atoms with Crippen molar-refractivity contribution in [3.05, 3.63) is 131 Å². The van der Waals surface area contributed by atoms with Crippen molar-refractivity contribution in [3.63, 3.8) is 0 Å². The van der Waals surface area contributed by atoms with Gasteiger partial charge in [-0.2, -0.15) is 0 Å². The molecular formula is C33H27N. The number of hydrogen-bond acceptors (Lipinski definition) is 1. The van der Waals surface area contributed by atoms with Gasteiger partial charge in [0.1, 0.15) is 0 Å². The minimum atomic E-state index is 0.0295. The fourth-order valence-electron chi connectivity index (χ4n) is 6.13. The standard InChI is InChI=1S/C33H27N/c1-33(2)29-9-5-3-7-25(29)26-17-15-24(20-30(26)33)22-13-11-21(12-14-22)23-16-18-32-28(19-23)27-8-4-6-10-31(27)34-32/h3-20,28,32,34H,1-2H3. The highest BCUT2D eigenvalue weighted by atomic mass is 15.0. The summed E-state index contributed by atoms with van der Waals surface area (Å²) in [5, 5.41) is 3.64. The first-order valence-corrected chi connectivity index (χ1v) is 12.2. The number of rotatable bonds is 2. The number of benzene rings is 4. The Labute approximate surface area is 201 Å². The van der Waals surface area contributed by atoms with Crippen molar-refractivity contribution in [2.24, 2.45) is 0 Å². The van der Waals surface area contributed by atoms with Crippen LogP contribution in [0.25, 0.3) is 27.8 Å². The monoisotopic (exact) mass is 437 g/mol. The molecule has 7 rings (SSSR count). The van der Waals surface area contributed by atoms with Crippen molar-refractivity contribution >= 4 is 11.3 Å². The van der Waals surface area contributed by atoms with Crippen LogP contribution in [0.15, 0.2) is 109 Å². The van der Waals surface area contributed by atoms with Crippen LogP contribution in [0, 0.1) is 0 Å². The lowest BCUT2D eigenvalue weighted by atomic mass is 9.81. The van der Waals surface area contributed by atoms with Crippen LogP contribution in [-0.2, 0) is 5.41 Å². The molecule has 0 radical (unpaired) electrons. The van der Waals surface area contributed by atoms with Gasteiger partial charge in [-0.05, 0) is 62.2 Å². The predicted molar refractivity (Wildman–Crippen MR) is 143 cm³/mol. The number of nitrogens with one attached hydrogen (secondary N) is 1. The van der Waals surface area contributed by atoms with E-state index in [-0.39, 0.29) is 5.41 Å². The Kier molecular flexibility index (Phi) is 4.08. The van der Waals surface area contributed by atoms with E-state index in [1.807, 2.05) is 0 Å². The molecule has 2 atom stereocenters. The summed E-state index contributed by atoms with van der Waals surface area (Å²) in [6.45, 7) is 4.69. The third kappa shape index (κ3) is 2.80. The normalized spacial score (nSPS) is 20.6.